The summed E-state index contributed by atoms with van der Waals surface area (Å²) in [6.45, 7) is 6.74. The van der Waals surface area contributed by atoms with Crippen molar-refractivity contribution in [3.8, 4) is 5.75 Å². The maximum Gasteiger partial charge on any atom is 0.248 e. The first-order chi connectivity index (χ1) is 15.1. The number of hydrogen-bond donors (Lipinski definition) is 1. The standard InChI is InChI=1S/C22H31N3O5S2/c1-15(2)30-19-8-7-16(32(28,29)24-11-5-4-6-12-24)13-17(19)23-21(27)18-14-31-22(3)10-9-20(26)25(18)22/h7-8,13,15,18H,4-6,9-12,14H2,1-3H3,(H,23,27)/t18-,22-/m0/s1. The van der Waals surface area contributed by atoms with Gasteiger partial charge in [0.05, 0.1) is 21.6 Å². The van der Waals surface area contributed by atoms with Gasteiger partial charge in [-0.2, -0.15) is 4.31 Å². The zero-order valence-electron chi connectivity index (χ0n) is 18.8. The molecule has 3 saturated heterocycles. The molecule has 3 fully saturated rings. The molecular weight excluding hydrogens is 450 g/mol. The average molecular weight is 482 g/mol. The van der Waals surface area contributed by atoms with E-state index in [4.69, 9.17) is 4.74 Å². The number of sulfonamides is 1. The van der Waals surface area contributed by atoms with Crippen molar-refractivity contribution in [2.24, 2.45) is 0 Å². The van der Waals surface area contributed by atoms with Gasteiger partial charge in [0.2, 0.25) is 21.8 Å². The Morgan fingerprint density at radius 1 is 1.25 bits per heavy atom. The zero-order valence-corrected chi connectivity index (χ0v) is 20.4. The van der Waals surface area contributed by atoms with Gasteiger partial charge in [-0.3, -0.25) is 9.59 Å². The Morgan fingerprint density at radius 3 is 2.66 bits per heavy atom. The minimum absolute atomic E-state index is 0.0160. The van der Waals surface area contributed by atoms with E-state index in [1.54, 1.807) is 22.7 Å². The summed E-state index contributed by atoms with van der Waals surface area (Å²) in [7, 11) is -3.66. The van der Waals surface area contributed by atoms with Crippen molar-refractivity contribution in [2.75, 3.05) is 24.2 Å². The van der Waals surface area contributed by atoms with Crippen LogP contribution in [0.25, 0.3) is 0 Å². The molecule has 2 atom stereocenters. The van der Waals surface area contributed by atoms with E-state index in [2.05, 4.69) is 5.32 Å². The number of carbonyl (C=O) groups is 2. The largest absolute Gasteiger partial charge is 0.489 e. The molecule has 1 aromatic carbocycles. The van der Waals surface area contributed by atoms with Gasteiger partial charge >= 0.3 is 0 Å². The minimum Gasteiger partial charge on any atom is -0.489 e. The number of carbonyl (C=O) groups excluding carboxylic acids is 2. The summed E-state index contributed by atoms with van der Waals surface area (Å²) in [4.78, 5) is 27.1. The average Bonchev–Trinajstić information content (AvgIpc) is 3.25. The Bertz CT molecular complexity index is 1010. The van der Waals surface area contributed by atoms with Gasteiger partial charge in [0.1, 0.15) is 11.8 Å². The zero-order chi connectivity index (χ0) is 23.1. The second-order valence-corrected chi connectivity index (χ2v) is 12.5. The van der Waals surface area contributed by atoms with Gasteiger partial charge in [-0.05, 0) is 58.2 Å². The highest BCUT2D eigenvalue weighted by atomic mass is 32.2. The van der Waals surface area contributed by atoms with Gasteiger partial charge in [-0.25, -0.2) is 8.42 Å². The molecule has 0 bridgehead atoms. The van der Waals surface area contributed by atoms with Crippen molar-refractivity contribution in [3.63, 3.8) is 0 Å². The Labute approximate surface area is 194 Å². The third kappa shape index (κ3) is 4.36. The van der Waals surface area contributed by atoms with Gasteiger partial charge in [0.25, 0.3) is 0 Å². The lowest BCUT2D eigenvalue weighted by Crippen LogP contribution is -2.48. The second-order valence-electron chi connectivity index (χ2n) is 9.04. The molecule has 4 rings (SSSR count). The minimum atomic E-state index is -3.66. The Morgan fingerprint density at radius 2 is 1.97 bits per heavy atom. The van der Waals surface area contributed by atoms with E-state index in [1.165, 1.54) is 16.4 Å². The number of rotatable bonds is 6. The van der Waals surface area contributed by atoms with Crippen LogP contribution in [0.2, 0.25) is 0 Å². The van der Waals surface area contributed by atoms with Gasteiger partial charge < -0.3 is 15.0 Å². The lowest BCUT2D eigenvalue weighted by atomic mass is 10.2. The highest BCUT2D eigenvalue weighted by molar-refractivity contribution is 8.01. The molecule has 0 aliphatic carbocycles. The van der Waals surface area contributed by atoms with Gasteiger partial charge in [0.15, 0.2) is 0 Å². The molecule has 3 heterocycles. The monoisotopic (exact) mass is 481 g/mol. The van der Waals surface area contributed by atoms with Crippen LogP contribution in [0.3, 0.4) is 0 Å². The first-order valence-electron chi connectivity index (χ1n) is 11.2. The molecule has 0 radical (unpaired) electrons. The molecule has 32 heavy (non-hydrogen) atoms. The Balaban J connectivity index is 1.62. The molecule has 1 N–H and O–H groups in total. The van der Waals surface area contributed by atoms with Gasteiger partial charge in [0, 0.05) is 25.3 Å². The second kappa shape index (κ2) is 8.87. The third-order valence-corrected chi connectivity index (χ3v) is 9.67. The summed E-state index contributed by atoms with van der Waals surface area (Å²) in [5, 5.41) is 2.87. The molecule has 2 amide bonds. The number of nitrogens with zero attached hydrogens (tertiary/aromatic N) is 2. The molecule has 0 saturated carbocycles. The highest BCUT2D eigenvalue weighted by Gasteiger charge is 2.53. The molecule has 0 spiro atoms. The van der Waals surface area contributed by atoms with Crippen LogP contribution in [-0.4, -0.2) is 65.3 Å². The number of fused-ring (bicyclic) bond motifs is 1. The predicted molar refractivity (Wildman–Crippen MR) is 124 cm³/mol. The molecule has 0 aromatic heterocycles. The molecule has 3 aliphatic heterocycles. The lowest BCUT2D eigenvalue weighted by Gasteiger charge is -2.30. The fourth-order valence-electron chi connectivity index (χ4n) is 4.61. The predicted octanol–water partition coefficient (Wildman–Crippen LogP) is 3.04. The van der Waals surface area contributed by atoms with Crippen LogP contribution in [0.1, 0.15) is 52.9 Å². The van der Waals surface area contributed by atoms with Gasteiger partial charge in [-0.1, -0.05) is 6.42 Å². The first-order valence-corrected chi connectivity index (χ1v) is 13.6. The summed E-state index contributed by atoms with van der Waals surface area (Å²) in [5.41, 5.74) is 0.312. The van der Waals surface area contributed by atoms with E-state index < -0.39 is 16.1 Å². The molecule has 8 nitrogen and oxygen atoms in total. The topological polar surface area (TPSA) is 96.0 Å². The fraction of sp³-hybridized carbons (Fsp3) is 0.636. The van der Waals surface area contributed by atoms with Crippen LogP contribution in [0.5, 0.6) is 5.75 Å². The third-order valence-electron chi connectivity index (χ3n) is 6.27. The van der Waals surface area contributed by atoms with Crippen molar-refractivity contribution in [3.05, 3.63) is 18.2 Å². The Hall–Kier alpha value is -1.78. The molecule has 176 valence electrons. The molecule has 10 heteroatoms. The summed E-state index contributed by atoms with van der Waals surface area (Å²) in [6, 6.07) is 4.02. The quantitative estimate of drug-likeness (QED) is 0.671. The van der Waals surface area contributed by atoms with Crippen molar-refractivity contribution < 1.29 is 22.7 Å². The highest BCUT2D eigenvalue weighted by Crippen LogP contribution is 2.47. The molecular formula is C22H31N3O5S2. The van der Waals surface area contributed by atoms with Crippen LogP contribution >= 0.6 is 11.8 Å². The van der Waals surface area contributed by atoms with E-state index in [0.717, 1.165) is 25.7 Å². The number of anilines is 1. The number of benzene rings is 1. The number of piperidine rings is 1. The smallest absolute Gasteiger partial charge is 0.248 e. The Kier molecular flexibility index (Phi) is 6.48. The van der Waals surface area contributed by atoms with Crippen LogP contribution in [0, 0.1) is 0 Å². The van der Waals surface area contributed by atoms with E-state index in [9.17, 15) is 18.0 Å². The summed E-state index contributed by atoms with van der Waals surface area (Å²) in [6.07, 6.45) is 3.74. The van der Waals surface area contributed by atoms with Crippen LogP contribution < -0.4 is 10.1 Å². The van der Waals surface area contributed by atoms with E-state index in [1.807, 2.05) is 20.8 Å². The van der Waals surface area contributed by atoms with Crippen LogP contribution in [0.4, 0.5) is 5.69 Å². The van der Waals surface area contributed by atoms with Gasteiger partial charge in [-0.15, -0.1) is 11.8 Å². The van der Waals surface area contributed by atoms with E-state index in [0.29, 0.717) is 36.7 Å². The number of ether oxygens (including phenoxy) is 1. The van der Waals surface area contributed by atoms with Crippen molar-refractivity contribution in [2.45, 2.75) is 74.8 Å². The van der Waals surface area contributed by atoms with Crippen LogP contribution in [0.15, 0.2) is 23.1 Å². The lowest BCUT2D eigenvalue weighted by molar-refractivity contribution is -0.135. The first kappa shape index (κ1) is 23.4. The molecule has 0 unspecified atom stereocenters. The summed E-state index contributed by atoms with van der Waals surface area (Å²) >= 11 is 1.62. The van der Waals surface area contributed by atoms with Crippen molar-refractivity contribution >= 4 is 39.3 Å². The summed E-state index contributed by atoms with van der Waals surface area (Å²) < 4.78 is 33.7. The number of nitrogens with one attached hydrogen (secondary N) is 1. The maximum atomic E-state index is 13.2. The number of amides is 2. The fourth-order valence-corrected chi connectivity index (χ4v) is 7.58. The van der Waals surface area contributed by atoms with E-state index >= 15 is 0 Å². The maximum absolute atomic E-state index is 13.2. The number of hydrogen-bond acceptors (Lipinski definition) is 6. The number of thioether (sulfide) groups is 1. The normalized spacial score (nSPS) is 26.4. The molecule has 3 aliphatic rings. The summed E-state index contributed by atoms with van der Waals surface area (Å²) in [5.74, 6) is 0.586. The van der Waals surface area contributed by atoms with Crippen molar-refractivity contribution in [1.82, 2.24) is 9.21 Å². The van der Waals surface area contributed by atoms with Crippen molar-refractivity contribution in [1.29, 1.82) is 0 Å². The van der Waals surface area contributed by atoms with E-state index in [-0.39, 0.29) is 27.7 Å². The molecule has 1 aromatic rings. The van der Waals surface area contributed by atoms with Crippen LogP contribution in [-0.2, 0) is 19.6 Å². The SMILES string of the molecule is CC(C)Oc1ccc(S(=O)(=O)N2CCCCC2)cc1NC(=O)[C@@H]1CS[C@@]2(C)CCC(=O)N12.